The van der Waals surface area contributed by atoms with Crippen molar-refractivity contribution in [1.82, 2.24) is 0 Å². The molecule has 0 spiro atoms. The Bertz CT molecular complexity index is 735. The summed E-state index contributed by atoms with van der Waals surface area (Å²) < 4.78 is 5.49. The quantitative estimate of drug-likeness (QED) is 0.456. The van der Waals surface area contributed by atoms with Gasteiger partial charge < -0.3 is 4.74 Å². The van der Waals surface area contributed by atoms with Crippen LogP contribution in [0.4, 0.5) is 0 Å². The van der Waals surface area contributed by atoms with Crippen LogP contribution in [0.25, 0.3) is 0 Å². The molecule has 0 radical (unpaired) electrons. The molecule has 0 fully saturated rings. The molecule has 0 heterocycles. The highest BCUT2D eigenvalue weighted by Gasteiger charge is 2.44. The van der Waals surface area contributed by atoms with Gasteiger partial charge in [0.1, 0.15) is 0 Å². The molecule has 0 amide bonds. The van der Waals surface area contributed by atoms with Crippen LogP contribution in [0.3, 0.4) is 0 Å². The van der Waals surface area contributed by atoms with Crippen molar-refractivity contribution >= 4 is 16.9 Å². The molecule has 2 rings (SSSR count). The Balaban J connectivity index is 2.80. The lowest BCUT2D eigenvalue weighted by molar-refractivity contribution is -0.142. The lowest BCUT2D eigenvalue weighted by atomic mass is 10.1. The van der Waals surface area contributed by atoms with Gasteiger partial charge in [-0.3, -0.25) is 0 Å². The predicted octanol–water partition coefficient (Wildman–Crippen LogP) is 5.92. The lowest BCUT2D eigenvalue weighted by Crippen LogP contribution is -2.34. The molecule has 0 aromatic heterocycles. The van der Waals surface area contributed by atoms with Crippen molar-refractivity contribution in [2.24, 2.45) is 0 Å². The first-order valence-electron chi connectivity index (χ1n) is 9.76. The topological polar surface area (TPSA) is 26.3 Å². The van der Waals surface area contributed by atoms with Gasteiger partial charge in [0, 0.05) is 28.7 Å². The Morgan fingerprint density at radius 2 is 1.19 bits per heavy atom. The summed E-state index contributed by atoms with van der Waals surface area (Å²) in [5.41, 5.74) is 7.57. The first-order valence-corrected chi connectivity index (χ1v) is 11.0. The fraction of sp³-hybridized carbons (Fsp3) is 0.458. The smallest absolute Gasteiger partial charge is 0.360 e. The minimum Gasteiger partial charge on any atom is -0.462 e. The van der Waals surface area contributed by atoms with Crippen LogP contribution in [-0.2, 0) is 20.4 Å². The van der Waals surface area contributed by atoms with Crippen LogP contribution in [-0.4, -0.2) is 17.8 Å². The van der Waals surface area contributed by atoms with Crippen LogP contribution in [0.15, 0.2) is 34.1 Å². The van der Waals surface area contributed by atoms with Crippen molar-refractivity contribution in [3.05, 3.63) is 57.6 Å². The average molecular weight is 386 g/mol. The van der Waals surface area contributed by atoms with Gasteiger partial charge in [0.05, 0.1) is 17.5 Å². The molecule has 0 bridgehead atoms. The van der Waals surface area contributed by atoms with E-state index in [1.807, 2.05) is 6.92 Å². The third-order valence-corrected chi connectivity index (χ3v) is 8.12. The molecule has 0 N–H and O–H groups in total. The number of aryl methyl sites for hydroxylation is 6. The first-order chi connectivity index (χ1) is 12.7. The minimum absolute atomic E-state index is 0.0814. The molecule has 146 valence electrons. The van der Waals surface area contributed by atoms with E-state index in [0.29, 0.717) is 6.61 Å². The SMILES string of the molecule is CCOC(=O)C(CC)[S+](c1c(C)cc(C)cc1C)c1c(C)cc(C)cc1C. The summed E-state index contributed by atoms with van der Waals surface area (Å²) in [6, 6.07) is 8.94. The normalized spacial score (nSPS) is 12.3. The van der Waals surface area contributed by atoms with Crippen molar-refractivity contribution in [3.63, 3.8) is 0 Å². The van der Waals surface area contributed by atoms with Gasteiger partial charge in [0.2, 0.25) is 5.25 Å². The van der Waals surface area contributed by atoms with Crippen LogP contribution in [0.2, 0.25) is 0 Å². The number of ether oxygens (including phenoxy) is 1. The number of rotatable bonds is 6. The van der Waals surface area contributed by atoms with Crippen LogP contribution >= 0.6 is 0 Å². The van der Waals surface area contributed by atoms with E-state index >= 15 is 0 Å². The molecule has 0 aliphatic carbocycles. The molecule has 0 aliphatic heterocycles. The highest BCUT2D eigenvalue weighted by Crippen LogP contribution is 2.38. The lowest BCUT2D eigenvalue weighted by Gasteiger charge is -2.22. The summed E-state index contributed by atoms with van der Waals surface area (Å²) in [7, 11) is -0.358. The van der Waals surface area contributed by atoms with E-state index in [-0.39, 0.29) is 22.1 Å². The summed E-state index contributed by atoms with van der Waals surface area (Å²) in [4.78, 5) is 15.5. The first kappa shape index (κ1) is 21.6. The van der Waals surface area contributed by atoms with E-state index in [1.165, 1.54) is 43.2 Å². The van der Waals surface area contributed by atoms with E-state index < -0.39 is 0 Å². The molecule has 0 aliphatic rings. The molecule has 0 saturated heterocycles. The Morgan fingerprint density at radius 3 is 1.48 bits per heavy atom. The van der Waals surface area contributed by atoms with Gasteiger partial charge in [-0.2, -0.15) is 0 Å². The standard InChI is InChI=1S/C24H33O2S/c1-9-21(24(25)26-10-2)27(22-17(5)11-15(3)12-18(22)6)23-19(7)13-16(4)14-20(23)8/h11-14,21H,9-10H2,1-8H3/q+1. The summed E-state index contributed by atoms with van der Waals surface area (Å²) in [6.07, 6.45) is 0.765. The van der Waals surface area contributed by atoms with E-state index in [4.69, 9.17) is 4.74 Å². The van der Waals surface area contributed by atoms with Crippen molar-refractivity contribution in [2.45, 2.75) is 76.9 Å². The Kier molecular flexibility index (Phi) is 7.16. The van der Waals surface area contributed by atoms with E-state index in [1.54, 1.807) is 0 Å². The zero-order valence-corrected chi connectivity index (χ0v) is 18.8. The number of carbonyl (C=O) groups excluding carboxylic acids is 1. The van der Waals surface area contributed by atoms with Crippen LogP contribution in [0, 0.1) is 41.5 Å². The fourth-order valence-corrected chi connectivity index (χ4v) is 7.07. The second-order valence-corrected chi connectivity index (χ2v) is 9.50. The molecule has 3 heteroatoms. The van der Waals surface area contributed by atoms with Crippen LogP contribution < -0.4 is 0 Å². The van der Waals surface area contributed by atoms with Crippen molar-refractivity contribution in [3.8, 4) is 0 Å². The third-order valence-electron chi connectivity index (χ3n) is 4.85. The highest BCUT2D eigenvalue weighted by atomic mass is 32.2. The maximum Gasteiger partial charge on any atom is 0.360 e. The molecule has 27 heavy (non-hydrogen) atoms. The number of hydrogen-bond donors (Lipinski definition) is 0. The van der Waals surface area contributed by atoms with Crippen LogP contribution in [0.1, 0.15) is 53.6 Å². The molecule has 0 saturated carbocycles. The zero-order chi connectivity index (χ0) is 20.3. The van der Waals surface area contributed by atoms with Gasteiger partial charge in [0.25, 0.3) is 0 Å². The largest absolute Gasteiger partial charge is 0.462 e. The molecule has 1 unspecified atom stereocenters. The highest BCUT2D eigenvalue weighted by molar-refractivity contribution is 7.98. The second-order valence-electron chi connectivity index (χ2n) is 7.44. The third kappa shape index (κ3) is 4.57. The summed E-state index contributed by atoms with van der Waals surface area (Å²) >= 11 is 0. The summed E-state index contributed by atoms with van der Waals surface area (Å²) in [5.74, 6) is -0.0814. The van der Waals surface area contributed by atoms with Gasteiger partial charge in [0.15, 0.2) is 9.79 Å². The maximum atomic E-state index is 12.9. The molecular formula is C24H33O2S+. The van der Waals surface area contributed by atoms with Crippen molar-refractivity contribution in [1.29, 1.82) is 0 Å². The zero-order valence-electron chi connectivity index (χ0n) is 18.0. The second kappa shape index (κ2) is 8.97. The Morgan fingerprint density at radius 1 is 0.815 bits per heavy atom. The number of benzene rings is 2. The monoisotopic (exact) mass is 385 g/mol. The molecule has 1 atom stereocenters. The summed E-state index contributed by atoms with van der Waals surface area (Å²) in [5, 5.41) is -0.162. The van der Waals surface area contributed by atoms with Gasteiger partial charge in [-0.05, 0) is 48.5 Å². The molecular weight excluding hydrogens is 352 g/mol. The van der Waals surface area contributed by atoms with Crippen molar-refractivity contribution < 1.29 is 9.53 Å². The molecule has 2 aromatic rings. The number of carbonyl (C=O) groups is 1. The average Bonchev–Trinajstić information content (AvgIpc) is 2.53. The number of hydrogen-bond acceptors (Lipinski definition) is 2. The van der Waals surface area contributed by atoms with E-state index in [2.05, 4.69) is 72.7 Å². The van der Waals surface area contributed by atoms with Gasteiger partial charge in [-0.25, -0.2) is 4.79 Å². The van der Waals surface area contributed by atoms with Gasteiger partial charge in [-0.1, -0.05) is 42.3 Å². The predicted molar refractivity (Wildman–Crippen MR) is 116 cm³/mol. The fourth-order valence-electron chi connectivity index (χ4n) is 4.08. The minimum atomic E-state index is -0.358. The Hall–Kier alpha value is -1.74. The van der Waals surface area contributed by atoms with E-state index in [9.17, 15) is 4.79 Å². The Labute approximate surface area is 167 Å². The molecule has 2 aromatic carbocycles. The maximum absolute atomic E-state index is 12.9. The van der Waals surface area contributed by atoms with Crippen LogP contribution in [0.5, 0.6) is 0 Å². The number of esters is 1. The molecule has 2 nitrogen and oxygen atoms in total. The van der Waals surface area contributed by atoms with Gasteiger partial charge in [-0.15, -0.1) is 0 Å². The van der Waals surface area contributed by atoms with Gasteiger partial charge >= 0.3 is 5.97 Å². The summed E-state index contributed by atoms with van der Waals surface area (Å²) in [6.45, 7) is 17.4. The van der Waals surface area contributed by atoms with E-state index in [0.717, 1.165) is 6.42 Å². The van der Waals surface area contributed by atoms with Crippen molar-refractivity contribution in [2.75, 3.05) is 6.61 Å².